The molecule has 1 amide bonds. The van der Waals surface area contributed by atoms with Gasteiger partial charge in [-0.3, -0.25) is 19.5 Å². The molecule has 1 aliphatic rings. The number of hydrogen-bond acceptors (Lipinski definition) is 5. The van der Waals surface area contributed by atoms with Crippen LogP contribution in [0.1, 0.15) is 28.4 Å². The monoisotopic (exact) mass is 448 g/mol. The Labute approximate surface area is 190 Å². The standard InChI is InChI=1S/C25H21ClN2O4/c1-14-7-6-9-19(15(14)2)28-22(18-8-4-5-12-27-18)21(24(30)25(28)31)23(29)16-10-11-20(32-3)17(26)13-16/h4-13,22,29H,1-3H3/b23-21+. The normalized spacial score (nSPS) is 17.6. The first kappa shape index (κ1) is 21.6. The number of aryl methyl sites for hydroxylation is 1. The van der Waals surface area contributed by atoms with Crippen LogP contribution in [0.2, 0.25) is 5.02 Å². The fourth-order valence-electron chi connectivity index (χ4n) is 3.86. The maximum atomic E-state index is 13.2. The molecular weight excluding hydrogens is 428 g/mol. The van der Waals surface area contributed by atoms with Crippen LogP contribution in [0.5, 0.6) is 5.75 Å². The minimum atomic E-state index is -0.891. The summed E-state index contributed by atoms with van der Waals surface area (Å²) < 4.78 is 5.16. The van der Waals surface area contributed by atoms with E-state index in [2.05, 4.69) is 4.98 Å². The van der Waals surface area contributed by atoms with Crippen LogP contribution in [-0.4, -0.2) is 28.9 Å². The summed E-state index contributed by atoms with van der Waals surface area (Å²) in [6.07, 6.45) is 1.59. The van der Waals surface area contributed by atoms with E-state index in [1.54, 1.807) is 42.6 Å². The van der Waals surface area contributed by atoms with Crippen LogP contribution >= 0.6 is 11.6 Å². The van der Waals surface area contributed by atoms with Crippen LogP contribution < -0.4 is 9.64 Å². The Balaban J connectivity index is 1.96. The van der Waals surface area contributed by atoms with E-state index in [4.69, 9.17) is 16.3 Å². The number of rotatable bonds is 4. The first-order valence-electron chi connectivity index (χ1n) is 9.97. The van der Waals surface area contributed by atoms with Gasteiger partial charge in [-0.25, -0.2) is 0 Å². The predicted octanol–water partition coefficient (Wildman–Crippen LogP) is 4.99. The van der Waals surface area contributed by atoms with Crippen molar-refractivity contribution in [1.29, 1.82) is 0 Å². The van der Waals surface area contributed by atoms with Gasteiger partial charge < -0.3 is 9.84 Å². The second-order valence-electron chi connectivity index (χ2n) is 7.49. The summed E-state index contributed by atoms with van der Waals surface area (Å²) in [6, 6.07) is 14.6. The molecule has 1 saturated heterocycles. The van der Waals surface area contributed by atoms with Crippen molar-refractivity contribution in [3.8, 4) is 5.75 Å². The van der Waals surface area contributed by atoms with Gasteiger partial charge in [0.05, 0.1) is 23.4 Å². The average Bonchev–Trinajstić information content (AvgIpc) is 3.06. The van der Waals surface area contributed by atoms with Gasteiger partial charge in [0.15, 0.2) is 0 Å². The van der Waals surface area contributed by atoms with E-state index in [1.807, 2.05) is 26.0 Å². The molecule has 0 spiro atoms. The molecule has 2 heterocycles. The first-order valence-corrected chi connectivity index (χ1v) is 10.3. The summed E-state index contributed by atoms with van der Waals surface area (Å²) in [5, 5.41) is 11.4. The third-order valence-corrected chi connectivity index (χ3v) is 5.97. The molecule has 0 radical (unpaired) electrons. The number of methoxy groups -OCH3 is 1. The van der Waals surface area contributed by atoms with Crippen molar-refractivity contribution in [3.05, 3.63) is 93.8 Å². The minimum Gasteiger partial charge on any atom is -0.507 e. The SMILES string of the molecule is COc1ccc(/C(O)=C2\C(=O)C(=O)N(c3cccc(C)c3C)C2c2ccccn2)cc1Cl. The molecule has 1 aliphatic heterocycles. The second-order valence-corrected chi connectivity index (χ2v) is 7.90. The summed E-state index contributed by atoms with van der Waals surface area (Å²) in [5.74, 6) is -1.40. The molecule has 3 aromatic rings. The van der Waals surface area contributed by atoms with Gasteiger partial charge in [-0.2, -0.15) is 0 Å². The molecule has 1 fully saturated rings. The quantitative estimate of drug-likeness (QED) is 0.345. The number of aliphatic hydroxyl groups excluding tert-OH is 1. The number of ketones is 1. The highest BCUT2D eigenvalue weighted by atomic mass is 35.5. The number of aromatic nitrogens is 1. The van der Waals surface area contributed by atoms with Crippen molar-refractivity contribution in [2.45, 2.75) is 19.9 Å². The molecule has 1 unspecified atom stereocenters. The number of aliphatic hydroxyl groups is 1. The first-order chi connectivity index (χ1) is 15.3. The Morgan fingerprint density at radius 3 is 2.53 bits per heavy atom. The van der Waals surface area contributed by atoms with Gasteiger partial charge in [-0.15, -0.1) is 0 Å². The molecule has 1 N–H and O–H groups in total. The van der Waals surface area contributed by atoms with E-state index < -0.39 is 17.7 Å². The van der Waals surface area contributed by atoms with E-state index in [9.17, 15) is 14.7 Å². The van der Waals surface area contributed by atoms with Crippen molar-refractivity contribution in [3.63, 3.8) is 0 Å². The van der Waals surface area contributed by atoms with E-state index in [-0.39, 0.29) is 16.4 Å². The molecule has 0 bridgehead atoms. The van der Waals surface area contributed by atoms with Crippen LogP contribution in [0.3, 0.4) is 0 Å². The lowest BCUT2D eigenvalue weighted by molar-refractivity contribution is -0.132. The fraction of sp³-hybridized carbons (Fsp3) is 0.160. The Morgan fingerprint density at radius 2 is 1.88 bits per heavy atom. The van der Waals surface area contributed by atoms with Gasteiger partial charge in [0.2, 0.25) is 0 Å². The molecule has 7 heteroatoms. The number of pyridine rings is 1. The smallest absolute Gasteiger partial charge is 0.300 e. The lowest BCUT2D eigenvalue weighted by Gasteiger charge is -2.26. The summed E-state index contributed by atoms with van der Waals surface area (Å²) in [4.78, 5) is 32.2. The van der Waals surface area contributed by atoms with Gasteiger partial charge in [-0.1, -0.05) is 29.8 Å². The molecule has 0 saturated carbocycles. The number of ether oxygens (including phenoxy) is 1. The van der Waals surface area contributed by atoms with Crippen molar-refractivity contribution in [2.24, 2.45) is 0 Å². The van der Waals surface area contributed by atoms with Crippen LogP contribution in [0.25, 0.3) is 5.76 Å². The zero-order valence-electron chi connectivity index (χ0n) is 17.8. The summed E-state index contributed by atoms with van der Waals surface area (Å²) in [5.41, 5.74) is 3.16. The number of halogens is 1. The lowest BCUT2D eigenvalue weighted by Crippen LogP contribution is -2.30. The molecular formula is C25H21ClN2O4. The summed E-state index contributed by atoms with van der Waals surface area (Å²) in [7, 11) is 1.48. The maximum absolute atomic E-state index is 13.2. The highest BCUT2D eigenvalue weighted by molar-refractivity contribution is 6.51. The molecule has 1 aromatic heterocycles. The number of carbonyl (C=O) groups excluding carboxylic acids is 2. The third kappa shape index (κ3) is 3.52. The van der Waals surface area contributed by atoms with Gasteiger partial charge in [0.25, 0.3) is 11.7 Å². The second kappa shape index (κ2) is 8.48. The Kier molecular flexibility index (Phi) is 5.72. The van der Waals surface area contributed by atoms with E-state index in [0.717, 1.165) is 11.1 Å². The molecule has 4 rings (SSSR count). The largest absolute Gasteiger partial charge is 0.507 e. The maximum Gasteiger partial charge on any atom is 0.300 e. The molecule has 162 valence electrons. The highest BCUT2D eigenvalue weighted by Gasteiger charge is 2.48. The van der Waals surface area contributed by atoms with Gasteiger partial charge in [0, 0.05) is 17.4 Å². The molecule has 0 aliphatic carbocycles. The number of Topliss-reactive ketones (excluding diaryl/α,β-unsaturated/α-hetero) is 1. The van der Waals surface area contributed by atoms with E-state index >= 15 is 0 Å². The van der Waals surface area contributed by atoms with Crippen LogP contribution in [0, 0.1) is 13.8 Å². The van der Waals surface area contributed by atoms with Gasteiger partial charge >= 0.3 is 0 Å². The zero-order valence-corrected chi connectivity index (χ0v) is 18.6. The topological polar surface area (TPSA) is 79.7 Å². The number of carbonyl (C=O) groups is 2. The fourth-order valence-corrected chi connectivity index (χ4v) is 4.12. The van der Waals surface area contributed by atoms with Crippen LogP contribution in [-0.2, 0) is 9.59 Å². The Morgan fingerprint density at radius 1 is 1.09 bits per heavy atom. The van der Waals surface area contributed by atoms with E-state index in [1.165, 1.54) is 18.1 Å². The van der Waals surface area contributed by atoms with Crippen molar-refractivity contribution in [1.82, 2.24) is 4.98 Å². The van der Waals surface area contributed by atoms with Crippen molar-refractivity contribution >= 4 is 34.7 Å². The zero-order chi connectivity index (χ0) is 23.0. The molecule has 1 atom stereocenters. The number of hydrogen-bond donors (Lipinski definition) is 1. The van der Waals surface area contributed by atoms with Gasteiger partial charge in [0.1, 0.15) is 17.6 Å². The molecule has 32 heavy (non-hydrogen) atoms. The molecule has 2 aromatic carbocycles. The average molecular weight is 449 g/mol. The Bertz CT molecular complexity index is 1250. The highest BCUT2D eigenvalue weighted by Crippen LogP contribution is 2.43. The van der Waals surface area contributed by atoms with E-state index in [0.29, 0.717) is 22.7 Å². The lowest BCUT2D eigenvalue weighted by atomic mass is 9.97. The Hall–Kier alpha value is -3.64. The number of benzene rings is 2. The number of amides is 1. The van der Waals surface area contributed by atoms with Crippen molar-refractivity contribution < 1.29 is 19.4 Å². The van der Waals surface area contributed by atoms with Crippen molar-refractivity contribution in [2.75, 3.05) is 12.0 Å². The third-order valence-electron chi connectivity index (χ3n) is 5.67. The minimum absolute atomic E-state index is 0.0455. The van der Waals surface area contributed by atoms with Crippen LogP contribution in [0.4, 0.5) is 5.69 Å². The predicted molar refractivity (Wildman–Crippen MR) is 123 cm³/mol. The number of anilines is 1. The summed E-state index contributed by atoms with van der Waals surface area (Å²) >= 11 is 6.23. The van der Waals surface area contributed by atoms with Gasteiger partial charge in [-0.05, 0) is 61.4 Å². The summed E-state index contributed by atoms with van der Waals surface area (Å²) in [6.45, 7) is 3.83. The van der Waals surface area contributed by atoms with Crippen LogP contribution in [0.15, 0.2) is 66.4 Å². The number of nitrogens with zero attached hydrogens (tertiary/aromatic N) is 2. The molecule has 6 nitrogen and oxygen atoms in total.